The van der Waals surface area contributed by atoms with E-state index < -0.39 is 0 Å². The first kappa shape index (κ1) is 20.8. The van der Waals surface area contributed by atoms with Gasteiger partial charge < -0.3 is 10.1 Å². The lowest BCUT2D eigenvalue weighted by atomic mass is 10.1. The van der Waals surface area contributed by atoms with Gasteiger partial charge in [0, 0.05) is 24.2 Å². The summed E-state index contributed by atoms with van der Waals surface area (Å²) < 4.78 is 7.73. The van der Waals surface area contributed by atoms with E-state index in [1.807, 2.05) is 65.3 Å². The molecule has 158 valence electrons. The van der Waals surface area contributed by atoms with E-state index in [-0.39, 0.29) is 11.9 Å². The molecule has 1 amide bonds. The van der Waals surface area contributed by atoms with Crippen LogP contribution in [-0.2, 0) is 24.5 Å². The zero-order valence-electron chi connectivity index (χ0n) is 17.8. The molecule has 0 aliphatic heterocycles. The average Bonchev–Trinajstić information content (AvgIpc) is 3.22. The van der Waals surface area contributed by atoms with Crippen molar-refractivity contribution in [3.8, 4) is 0 Å². The molecule has 2 heterocycles. The topological polar surface area (TPSA) is 69.0 Å². The normalized spacial score (nSPS) is 11.2. The van der Waals surface area contributed by atoms with Crippen LogP contribution < -0.4 is 5.32 Å². The Morgan fingerprint density at radius 1 is 1.00 bits per heavy atom. The predicted molar refractivity (Wildman–Crippen MR) is 120 cm³/mol. The molecular formula is C25H26N4O2. The van der Waals surface area contributed by atoms with Crippen molar-refractivity contribution in [3.63, 3.8) is 0 Å². The molecule has 0 aliphatic carbocycles. The summed E-state index contributed by atoms with van der Waals surface area (Å²) in [6.45, 7) is 5.57. The summed E-state index contributed by atoms with van der Waals surface area (Å²) in [7, 11) is 0. The lowest BCUT2D eigenvalue weighted by Crippen LogP contribution is -2.23. The maximum Gasteiger partial charge on any atom is 0.253 e. The van der Waals surface area contributed by atoms with Crippen LogP contribution in [0.25, 0.3) is 11.0 Å². The number of carbonyl (C=O) groups is 1. The zero-order chi connectivity index (χ0) is 21.6. The van der Waals surface area contributed by atoms with Gasteiger partial charge in [-0.25, -0.2) is 9.67 Å². The first-order valence-electron chi connectivity index (χ1n) is 10.4. The van der Waals surface area contributed by atoms with Gasteiger partial charge in [-0.3, -0.25) is 4.79 Å². The van der Waals surface area contributed by atoms with E-state index in [1.165, 1.54) is 0 Å². The highest BCUT2D eigenvalue weighted by Crippen LogP contribution is 2.17. The summed E-state index contributed by atoms with van der Waals surface area (Å²) in [4.78, 5) is 17.1. The molecule has 0 atom stereocenters. The van der Waals surface area contributed by atoms with Gasteiger partial charge in [0.05, 0.1) is 25.0 Å². The molecule has 0 spiro atoms. The molecule has 31 heavy (non-hydrogen) atoms. The zero-order valence-corrected chi connectivity index (χ0v) is 17.8. The van der Waals surface area contributed by atoms with Crippen molar-refractivity contribution in [2.75, 3.05) is 0 Å². The maximum atomic E-state index is 12.7. The Bertz CT molecular complexity index is 1170. The molecule has 4 rings (SSSR count). The second-order valence-corrected chi connectivity index (χ2v) is 7.75. The Kier molecular flexibility index (Phi) is 6.38. The number of nitrogens with zero attached hydrogens (tertiary/aromatic N) is 3. The summed E-state index contributed by atoms with van der Waals surface area (Å²) in [6.07, 6.45) is 3.35. The third-order valence-electron chi connectivity index (χ3n) is 5.11. The summed E-state index contributed by atoms with van der Waals surface area (Å²) in [5, 5.41) is 8.21. The molecule has 0 fully saturated rings. The summed E-state index contributed by atoms with van der Waals surface area (Å²) in [6, 6.07) is 20.1. The number of ether oxygens (including phenoxy) is 1. The number of pyridine rings is 1. The number of rotatable bonds is 8. The number of benzene rings is 2. The van der Waals surface area contributed by atoms with Gasteiger partial charge in [-0.2, -0.15) is 5.10 Å². The number of hydrogen-bond acceptors (Lipinski definition) is 4. The van der Waals surface area contributed by atoms with Crippen LogP contribution in [-0.4, -0.2) is 20.7 Å². The van der Waals surface area contributed by atoms with Gasteiger partial charge >= 0.3 is 0 Å². The number of carbonyl (C=O) groups excluding carboxylic acids is 1. The van der Waals surface area contributed by atoms with Crippen molar-refractivity contribution in [1.29, 1.82) is 0 Å². The van der Waals surface area contributed by atoms with Crippen LogP contribution in [0.3, 0.4) is 0 Å². The number of aromatic nitrogens is 3. The molecule has 6 nitrogen and oxygen atoms in total. The van der Waals surface area contributed by atoms with Gasteiger partial charge in [-0.05, 0) is 36.6 Å². The van der Waals surface area contributed by atoms with Crippen LogP contribution in [0.15, 0.2) is 73.1 Å². The van der Waals surface area contributed by atoms with Crippen molar-refractivity contribution in [2.24, 2.45) is 0 Å². The molecule has 0 aliphatic rings. The monoisotopic (exact) mass is 414 g/mol. The Hall–Kier alpha value is -3.51. The number of fused-ring (bicyclic) bond motifs is 1. The molecule has 0 saturated carbocycles. The minimum Gasteiger partial charge on any atom is -0.372 e. The quantitative estimate of drug-likeness (QED) is 0.455. The SMILES string of the molecule is CC(C)n1ncc2cc(C(=O)NCc3ccccc3COCc3ccccc3)cnc21. The summed E-state index contributed by atoms with van der Waals surface area (Å²) in [5.41, 5.74) is 4.54. The molecule has 0 bridgehead atoms. The van der Waals surface area contributed by atoms with Gasteiger partial charge in [0.2, 0.25) is 0 Å². The van der Waals surface area contributed by atoms with Crippen molar-refractivity contribution >= 4 is 16.9 Å². The Morgan fingerprint density at radius 3 is 2.52 bits per heavy atom. The van der Waals surface area contributed by atoms with Gasteiger partial charge in [-0.1, -0.05) is 54.6 Å². The highest BCUT2D eigenvalue weighted by Gasteiger charge is 2.12. The lowest BCUT2D eigenvalue weighted by Gasteiger charge is -2.12. The third kappa shape index (κ3) is 4.98. The van der Waals surface area contributed by atoms with Gasteiger partial charge in [0.25, 0.3) is 5.91 Å². The second kappa shape index (κ2) is 9.53. The smallest absolute Gasteiger partial charge is 0.253 e. The maximum absolute atomic E-state index is 12.7. The molecule has 6 heteroatoms. The second-order valence-electron chi connectivity index (χ2n) is 7.75. The molecule has 1 N–H and O–H groups in total. The van der Waals surface area contributed by atoms with Gasteiger partial charge in [0.1, 0.15) is 0 Å². The standard InChI is InChI=1S/C25H26N4O2/c1-18(2)29-24-22(15-28-29)12-23(14-26-24)25(30)27-13-20-10-6-7-11-21(20)17-31-16-19-8-4-3-5-9-19/h3-12,14-15,18H,13,16-17H2,1-2H3,(H,27,30). The van der Waals surface area contributed by atoms with Gasteiger partial charge in [0.15, 0.2) is 5.65 Å². The van der Waals surface area contributed by atoms with Crippen molar-refractivity contribution < 1.29 is 9.53 Å². The molecule has 4 aromatic rings. The largest absolute Gasteiger partial charge is 0.372 e. The molecule has 2 aromatic carbocycles. The van der Waals surface area contributed by atoms with E-state index in [0.717, 1.165) is 27.7 Å². The fraction of sp³-hybridized carbons (Fsp3) is 0.240. The highest BCUT2D eigenvalue weighted by atomic mass is 16.5. The van der Waals surface area contributed by atoms with Crippen LogP contribution >= 0.6 is 0 Å². The van der Waals surface area contributed by atoms with E-state index >= 15 is 0 Å². The number of nitrogens with one attached hydrogen (secondary N) is 1. The van der Waals surface area contributed by atoms with Crippen LogP contribution in [0.5, 0.6) is 0 Å². The number of hydrogen-bond donors (Lipinski definition) is 1. The first-order chi connectivity index (χ1) is 15.1. The minimum atomic E-state index is -0.160. The van der Waals surface area contributed by atoms with E-state index in [1.54, 1.807) is 12.4 Å². The average molecular weight is 415 g/mol. The van der Waals surface area contributed by atoms with E-state index in [9.17, 15) is 4.79 Å². The molecule has 2 aromatic heterocycles. The third-order valence-corrected chi connectivity index (χ3v) is 5.11. The molecule has 0 saturated heterocycles. The predicted octanol–water partition coefficient (Wildman–Crippen LogP) is 4.66. The highest BCUT2D eigenvalue weighted by molar-refractivity contribution is 5.96. The fourth-order valence-corrected chi connectivity index (χ4v) is 3.44. The summed E-state index contributed by atoms with van der Waals surface area (Å²) >= 11 is 0. The van der Waals surface area contributed by atoms with E-state index in [2.05, 4.69) is 29.2 Å². The fourth-order valence-electron chi connectivity index (χ4n) is 3.44. The van der Waals surface area contributed by atoms with Crippen molar-refractivity contribution in [1.82, 2.24) is 20.1 Å². The Morgan fingerprint density at radius 2 is 1.74 bits per heavy atom. The number of amides is 1. The summed E-state index contributed by atoms with van der Waals surface area (Å²) in [5.74, 6) is -0.160. The molecule has 0 unspecified atom stereocenters. The molecular weight excluding hydrogens is 388 g/mol. The van der Waals surface area contributed by atoms with E-state index in [0.29, 0.717) is 25.3 Å². The molecule has 0 radical (unpaired) electrons. The van der Waals surface area contributed by atoms with Gasteiger partial charge in [-0.15, -0.1) is 0 Å². The van der Waals surface area contributed by atoms with E-state index in [4.69, 9.17) is 4.74 Å². The van der Waals surface area contributed by atoms with Crippen LogP contribution in [0.4, 0.5) is 0 Å². The lowest BCUT2D eigenvalue weighted by molar-refractivity contribution is 0.0947. The Balaban J connectivity index is 1.38. The first-order valence-corrected chi connectivity index (χ1v) is 10.4. The van der Waals surface area contributed by atoms with Crippen molar-refractivity contribution in [2.45, 2.75) is 39.6 Å². The van der Waals surface area contributed by atoms with Crippen molar-refractivity contribution in [3.05, 3.63) is 95.3 Å². The minimum absolute atomic E-state index is 0.160. The van der Waals surface area contributed by atoms with Crippen LogP contribution in [0.2, 0.25) is 0 Å². The van der Waals surface area contributed by atoms with Crippen LogP contribution in [0.1, 0.15) is 46.9 Å². The van der Waals surface area contributed by atoms with Crippen LogP contribution in [0, 0.1) is 0 Å². The Labute approximate surface area is 181 Å².